The number of carbonyl (C=O) groups excluding carboxylic acids is 2. The zero-order valence-corrected chi connectivity index (χ0v) is 13.5. The molecule has 0 aliphatic carbocycles. The third-order valence-electron chi connectivity index (χ3n) is 2.35. The molecule has 8 heteroatoms. The maximum absolute atomic E-state index is 12.0. The Balaban J connectivity index is 1.99. The Labute approximate surface area is 133 Å². The van der Waals surface area contributed by atoms with Gasteiger partial charge in [-0.1, -0.05) is 6.07 Å². The van der Waals surface area contributed by atoms with Gasteiger partial charge in [-0.2, -0.15) is 0 Å². The van der Waals surface area contributed by atoms with Crippen molar-refractivity contribution in [2.45, 2.75) is 13.3 Å². The van der Waals surface area contributed by atoms with E-state index in [1.807, 2.05) is 0 Å². The fourth-order valence-electron chi connectivity index (χ4n) is 1.50. The molecule has 0 aliphatic rings. The van der Waals surface area contributed by atoms with Crippen molar-refractivity contribution in [2.24, 2.45) is 0 Å². The van der Waals surface area contributed by atoms with Crippen LogP contribution in [0.2, 0.25) is 0 Å². The van der Waals surface area contributed by atoms with Crippen molar-refractivity contribution >= 4 is 44.3 Å². The smallest absolute Gasteiger partial charge is 0.311 e. The van der Waals surface area contributed by atoms with Crippen molar-refractivity contribution in [1.29, 1.82) is 0 Å². The Bertz CT molecular complexity index is 660. The maximum atomic E-state index is 12.0. The highest BCUT2D eigenvalue weighted by atomic mass is 79.9. The van der Waals surface area contributed by atoms with Gasteiger partial charge in [0.25, 0.3) is 5.91 Å². The highest BCUT2D eigenvalue weighted by Gasteiger charge is 2.12. The van der Waals surface area contributed by atoms with E-state index in [4.69, 9.17) is 4.74 Å². The number of hydrogen-bond acceptors (Lipinski definition) is 6. The number of ether oxygens (including phenoxy) is 1. The summed E-state index contributed by atoms with van der Waals surface area (Å²) in [5, 5.41) is 4.77. The predicted octanol–water partition coefficient (Wildman–Crippen LogP) is 2.66. The minimum atomic E-state index is -0.353. The van der Waals surface area contributed by atoms with Crippen LogP contribution in [0, 0.1) is 0 Å². The molecular formula is C13H12BrN3O3S. The van der Waals surface area contributed by atoms with Gasteiger partial charge in [0.15, 0.2) is 5.13 Å². The van der Waals surface area contributed by atoms with Gasteiger partial charge in [-0.25, -0.2) is 9.97 Å². The van der Waals surface area contributed by atoms with Crippen LogP contribution in [0.25, 0.3) is 0 Å². The molecule has 0 unspecified atom stereocenters. The average molecular weight is 370 g/mol. The van der Waals surface area contributed by atoms with E-state index in [-0.39, 0.29) is 24.0 Å². The summed E-state index contributed by atoms with van der Waals surface area (Å²) in [6.07, 6.45) is 0.0926. The summed E-state index contributed by atoms with van der Waals surface area (Å²) in [4.78, 5) is 31.5. The van der Waals surface area contributed by atoms with Crippen molar-refractivity contribution in [3.63, 3.8) is 0 Å². The molecule has 1 amide bonds. The molecule has 2 heterocycles. The number of halogens is 1. The van der Waals surface area contributed by atoms with Crippen LogP contribution < -0.4 is 5.32 Å². The molecule has 0 aliphatic heterocycles. The van der Waals surface area contributed by atoms with Crippen molar-refractivity contribution in [3.05, 3.63) is 39.6 Å². The number of nitrogens with one attached hydrogen (secondary N) is 1. The lowest BCUT2D eigenvalue weighted by Crippen LogP contribution is -2.13. The third kappa shape index (κ3) is 4.61. The van der Waals surface area contributed by atoms with Crippen LogP contribution in [0.5, 0.6) is 0 Å². The first kappa shape index (κ1) is 15.6. The number of amides is 1. The number of carbonyl (C=O) groups is 2. The number of nitrogens with zero attached hydrogens (tertiary/aromatic N) is 2. The SMILES string of the molecule is CCOC(=O)Cc1csc(NC(=O)c2cccc(Br)n2)n1. The van der Waals surface area contributed by atoms with Crippen LogP contribution in [0.1, 0.15) is 23.1 Å². The third-order valence-corrected chi connectivity index (χ3v) is 3.60. The zero-order valence-electron chi connectivity index (χ0n) is 11.1. The Morgan fingerprint density at radius 1 is 1.38 bits per heavy atom. The van der Waals surface area contributed by atoms with E-state index in [9.17, 15) is 9.59 Å². The van der Waals surface area contributed by atoms with Crippen molar-refractivity contribution in [1.82, 2.24) is 9.97 Å². The van der Waals surface area contributed by atoms with E-state index in [0.29, 0.717) is 22.0 Å². The molecule has 110 valence electrons. The van der Waals surface area contributed by atoms with Crippen molar-refractivity contribution < 1.29 is 14.3 Å². The fraction of sp³-hybridized carbons (Fsp3) is 0.231. The second-order valence-corrected chi connectivity index (χ2v) is 5.60. The molecule has 1 N–H and O–H groups in total. The Kier molecular flexibility index (Phi) is 5.40. The van der Waals surface area contributed by atoms with Gasteiger partial charge in [0.1, 0.15) is 10.3 Å². The summed E-state index contributed by atoms with van der Waals surface area (Å²) < 4.78 is 5.42. The van der Waals surface area contributed by atoms with Gasteiger partial charge in [0, 0.05) is 5.38 Å². The Hall–Kier alpha value is -1.80. The largest absolute Gasteiger partial charge is 0.466 e. The van der Waals surface area contributed by atoms with Crippen LogP contribution in [0.3, 0.4) is 0 Å². The standard InChI is InChI=1S/C13H12BrN3O3S/c1-2-20-11(18)6-8-7-21-13(15-8)17-12(19)9-4-3-5-10(14)16-9/h3-5,7H,2,6H2,1H3,(H,15,17,19). The summed E-state index contributed by atoms with van der Waals surface area (Å²) in [5.74, 6) is -0.692. The molecule has 0 fully saturated rings. The van der Waals surface area contributed by atoms with Gasteiger partial charge in [-0.15, -0.1) is 11.3 Å². The first-order valence-electron chi connectivity index (χ1n) is 6.12. The van der Waals surface area contributed by atoms with Crippen LogP contribution in [0.4, 0.5) is 5.13 Å². The molecule has 0 radical (unpaired) electrons. The molecule has 2 rings (SSSR count). The maximum Gasteiger partial charge on any atom is 0.311 e. The lowest BCUT2D eigenvalue weighted by atomic mass is 10.3. The zero-order chi connectivity index (χ0) is 15.2. The van der Waals surface area contributed by atoms with Gasteiger partial charge in [-0.05, 0) is 35.0 Å². The van der Waals surface area contributed by atoms with E-state index < -0.39 is 0 Å². The highest BCUT2D eigenvalue weighted by molar-refractivity contribution is 9.10. The minimum absolute atomic E-state index is 0.0926. The van der Waals surface area contributed by atoms with Gasteiger partial charge in [0.05, 0.1) is 18.7 Å². The molecule has 6 nitrogen and oxygen atoms in total. The molecule has 2 aromatic rings. The summed E-state index contributed by atoms with van der Waals surface area (Å²) in [6.45, 7) is 2.08. The molecule has 0 atom stereocenters. The molecule has 0 bridgehead atoms. The number of esters is 1. The number of anilines is 1. The van der Waals surface area contributed by atoms with Gasteiger partial charge in [-0.3, -0.25) is 14.9 Å². The summed E-state index contributed by atoms with van der Waals surface area (Å²) >= 11 is 4.45. The van der Waals surface area contributed by atoms with Crippen LogP contribution in [-0.2, 0) is 16.0 Å². The number of thiazole rings is 1. The van der Waals surface area contributed by atoms with Crippen LogP contribution in [0.15, 0.2) is 28.2 Å². The topological polar surface area (TPSA) is 81.2 Å². The average Bonchev–Trinajstić information content (AvgIpc) is 2.86. The first-order valence-corrected chi connectivity index (χ1v) is 7.79. The Morgan fingerprint density at radius 3 is 2.90 bits per heavy atom. The monoisotopic (exact) mass is 369 g/mol. The number of pyridine rings is 1. The van der Waals surface area contributed by atoms with E-state index >= 15 is 0 Å². The predicted molar refractivity (Wildman–Crippen MR) is 82.3 cm³/mol. The van der Waals surface area contributed by atoms with E-state index in [0.717, 1.165) is 0 Å². The molecule has 2 aromatic heterocycles. The van der Waals surface area contributed by atoms with Gasteiger partial charge >= 0.3 is 5.97 Å². The normalized spacial score (nSPS) is 10.2. The van der Waals surface area contributed by atoms with Crippen molar-refractivity contribution in [3.8, 4) is 0 Å². The summed E-state index contributed by atoms with van der Waals surface area (Å²) in [5.41, 5.74) is 0.850. The summed E-state index contributed by atoms with van der Waals surface area (Å²) in [7, 11) is 0. The van der Waals surface area contributed by atoms with Gasteiger partial charge < -0.3 is 4.74 Å². The molecule has 0 saturated carbocycles. The first-order chi connectivity index (χ1) is 10.1. The fourth-order valence-corrected chi connectivity index (χ4v) is 2.55. The highest BCUT2D eigenvalue weighted by Crippen LogP contribution is 2.17. The van der Waals surface area contributed by atoms with Crippen LogP contribution in [-0.4, -0.2) is 28.5 Å². The quantitative estimate of drug-likeness (QED) is 0.647. The Morgan fingerprint density at radius 2 is 2.19 bits per heavy atom. The number of hydrogen-bond donors (Lipinski definition) is 1. The van der Waals surface area contributed by atoms with E-state index in [2.05, 4.69) is 31.2 Å². The van der Waals surface area contributed by atoms with E-state index in [1.165, 1.54) is 11.3 Å². The molecule has 0 spiro atoms. The summed E-state index contributed by atoms with van der Waals surface area (Å²) in [6, 6.07) is 5.06. The lowest BCUT2D eigenvalue weighted by Gasteiger charge is -2.01. The molecule has 0 saturated heterocycles. The van der Waals surface area contributed by atoms with E-state index in [1.54, 1.807) is 30.5 Å². The number of rotatable bonds is 5. The van der Waals surface area contributed by atoms with Crippen molar-refractivity contribution in [2.75, 3.05) is 11.9 Å². The minimum Gasteiger partial charge on any atom is -0.466 e. The second-order valence-electron chi connectivity index (χ2n) is 3.93. The van der Waals surface area contributed by atoms with Crippen LogP contribution >= 0.6 is 27.3 Å². The lowest BCUT2D eigenvalue weighted by molar-refractivity contribution is -0.142. The molecule has 0 aromatic carbocycles. The number of aromatic nitrogens is 2. The van der Waals surface area contributed by atoms with Gasteiger partial charge in [0.2, 0.25) is 0 Å². The molecule has 21 heavy (non-hydrogen) atoms. The second kappa shape index (κ2) is 7.28. The molecular weight excluding hydrogens is 358 g/mol.